The molecule has 1 aliphatic rings. The van der Waals surface area contributed by atoms with Crippen LogP contribution in [0, 0.1) is 0 Å². The second-order valence-corrected chi connectivity index (χ2v) is 3.40. The van der Waals surface area contributed by atoms with Gasteiger partial charge in [-0.15, -0.1) is 0 Å². The Labute approximate surface area is 88.4 Å². The van der Waals surface area contributed by atoms with Crippen molar-refractivity contribution in [2.24, 2.45) is 0 Å². The molecule has 0 fully saturated rings. The highest BCUT2D eigenvalue weighted by molar-refractivity contribution is 5.53. The van der Waals surface area contributed by atoms with Gasteiger partial charge >= 0.3 is 0 Å². The number of rotatable bonds is 2. The Balaban J connectivity index is 2.52. The van der Waals surface area contributed by atoms with Crippen molar-refractivity contribution in [3.05, 3.63) is 17.7 Å². The third kappa shape index (κ3) is 1.72. The minimum atomic E-state index is -0.502. The highest BCUT2D eigenvalue weighted by atomic mass is 16.5. The van der Waals surface area contributed by atoms with E-state index in [0.717, 1.165) is 5.56 Å². The molecule has 1 aromatic carbocycles. The van der Waals surface area contributed by atoms with Gasteiger partial charge in [0.1, 0.15) is 5.75 Å². The fourth-order valence-electron chi connectivity index (χ4n) is 1.70. The first-order valence-electron chi connectivity index (χ1n) is 4.83. The molecule has 0 saturated heterocycles. The first-order chi connectivity index (χ1) is 7.26. The highest BCUT2D eigenvalue weighted by Crippen LogP contribution is 2.42. The van der Waals surface area contributed by atoms with Gasteiger partial charge in [-0.3, -0.25) is 0 Å². The van der Waals surface area contributed by atoms with Crippen molar-refractivity contribution in [1.82, 2.24) is 0 Å². The monoisotopic (exact) mass is 210 g/mol. The summed E-state index contributed by atoms with van der Waals surface area (Å²) in [6.45, 7) is 0.511. The highest BCUT2D eigenvalue weighted by Gasteiger charge is 2.23. The van der Waals surface area contributed by atoms with Gasteiger partial charge in [-0.05, 0) is 6.07 Å². The molecule has 0 aromatic heterocycles. The van der Waals surface area contributed by atoms with Gasteiger partial charge < -0.3 is 19.3 Å². The fraction of sp³-hybridized carbons (Fsp3) is 0.455. The number of benzene rings is 1. The summed E-state index contributed by atoms with van der Waals surface area (Å²) in [7, 11) is 3.15. The van der Waals surface area contributed by atoms with E-state index < -0.39 is 6.10 Å². The average molecular weight is 210 g/mol. The van der Waals surface area contributed by atoms with Crippen LogP contribution in [-0.4, -0.2) is 25.9 Å². The molecule has 15 heavy (non-hydrogen) atoms. The van der Waals surface area contributed by atoms with E-state index in [-0.39, 0.29) is 0 Å². The molecule has 82 valence electrons. The molecule has 0 saturated carbocycles. The maximum Gasteiger partial charge on any atom is 0.167 e. The van der Waals surface area contributed by atoms with Gasteiger partial charge in [0.2, 0.25) is 0 Å². The Morgan fingerprint density at radius 1 is 1.33 bits per heavy atom. The maximum atomic E-state index is 9.81. The summed E-state index contributed by atoms with van der Waals surface area (Å²) in [5, 5.41) is 9.81. The van der Waals surface area contributed by atoms with Crippen molar-refractivity contribution < 1.29 is 19.3 Å². The minimum Gasteiger partial charge on any atom is -0.497 e. The van der Waals surface area contributed by atoms with Gasteiger partial charge in [-0.2, -0.15) is 0 Å². The van der Waals surface area contributed by atoms with E-state index in [0.29, 0.717) is 30.3 Å². The fourth-order valence-corrected chi connectivity index (χ4v) is 1.70. The molecule has 0 bridgehead atoms. The topological polar surface area (TPSA) is 47.9 Å². The van der Waals surface area contributed by atoms with Gasteiger partial charge in [0.25, 0.3) is 0 Å². The average Bonchev–Trinajstić information content (AvgIpc) is 2.28. The lowest BCUT2D eigenvalue weighted by Crippen LogP contribution is -2.14. The third-order valence-electron chi connectivity index (χ3n) is 2.51. The van der Waals surface area contributed by atoms with E-state index >= 15 is 0 Å². The van der Waals surface area contributed by atoms with Crippen LogP contribution in [0.5, 0.6) is 17.2 Å². The molecule has 4 heteroatoms. The van der Waals surface area contributed by atoms with Gasteiger partial charge in [-0.1, -0.05) is 0 Å². The number of hydrogen-bond donors (Lipinski definition) is 1. The van der Waals surface area contributed by atoms with Crippen LogP contribution in [0.25, 0.3) is 0 Å². The molecule has 0 aliphatic carbocycles. The van der Waals surface area contributed by atoms with Gasteiger partial charge in [0.15, 0.2) is 11.5 Å². The minimum absolute atomic E-state index is 0.502. The lowest BCUT2D eigenvalue weighted by atomic mass is 10.0. The Hall–Kier alpha value is -1.42. The second kappa shape index (κ2) is 3.98. The van der Waals surface area contributed by atoms with Crippen molar-refractivity contribution in [3.8, 4) is 17.2 Å². The molecule has 1 aliphatic heterocycles. The molecule has 1 unspecified atom stereocenters. The molecular weight excluding hydrogens is 196 g/mol. The number of hydrogen-bond acceptors (Lipinski definition) is 4. The second-order valence-electron chi connectivity index (χ2n) is 3.40. The molecule has 2 rings (SSSR count). The van der Waals surface area contributed by atoms with Crippen LogP contribution < -0.4 is 14.2 Å². The van der Waals surface area contributed by atoms with E-state index in [9.17, 15) is 5.11 Å². The molecule has 1 aromatic rings. The first-order valence-corrected chi connectivity index (χ1v) is 4.83. The van der Waals surface area contributed by atoms with Crippen LogP contribution in [0.4, 0.5) is 0 Å². The Morgan fingerprint density at radius 3 is 2.80 bits per heavy atom. The summed E-state index contributed by atoms with van der Waals surface area (Å²) in [5.74, 6) is 1.88. The summed E-state index contributed by atoms with van der Waals surface area (Å²) in [6.07, 6.45) is 0.0984. The van der Waals surface area contributed by atoms with E-state index in [4.69, 9.17) is 14.2 Å². The van der Waals surface area contributed by atoms with Crippen molar-refractivity contribution in [3.63, 3.8) is 0 Å². The molecule has 4 nitrogen and oxygen atoms in total. The number of aliphatic hydroxyl groups is 1. The number of methoxy groups -OCH3 is 2. The number of ether oxygens (including phenoxy) is 3. The van der Waals surface area contributed by atoms with Gasteiger partial charge in [-0.25, -0.2) is 0 Å². The Kier molecular flexibility index (Phi) is 2.68. The largest absolute Gasteiger partial charge is 0.497 e. The zero-order chi connectivity index (χ0) is 10.8. The molecule has 0 radical (unpaired) electrons. The normalized spacial score (nSPS) is 19.0. The molecule has 0 amide bonds. The van der Waals surface area contributed by atoms with E-state index in [2.05, 4.69) is 0 Å². The van der Waals surface area contributed by atoms with Crippen LogP contribution in [0.15, 0.2) is 12.1 Å². The van der Waals surface area contributed by atoms with Crippen molar-refractivity contribution in [2.45, 2.75) is 12.5 Å². The predicted octanol–water partition coefficient (Wildman–Crippen LogP) is 1.52. The molecule has 1 heterocycles. The molecule has 1 atom stereocenters. The predicted molar refractivity (Wildman–Crippen MR) is 54.6 cm³/mol. The number of aliphatic hydroxyl groups excluding tert-OH is 1. The van der Waals surface area contributed by atoms with Crippen LogP contribution in [-0.2, 0) is 0 Å². The van der Waals surface area contributed by atoms with E-state index in [1.54, 1.807) is 26.4 Å². The van der Waals surface area contributed by atoms with Crippen LogP contribution >= 0.6 is 0 Å². The zero-order valence-electron chi connectivity index (χ0n) is 8.82. The molecule has 0 spiro atoms. The summed E-state index contributed by atoms with van der Waals surface area (Å²) in [6, 6.07) is 3.53. The van der Waals surface area contributed by atoms with E-state index in [1.807, 2.05) is 0 Å². The van der Waals surface area contributed by atoms with Crippen molar-refractivity contribution in [1.29, 1.82) is 0 Å². The Bertz CT molecular complexity index is 362. The van der Waals surface area contributed by atoms with Crippen LogP contribution in [0.2, 0.25) is 0 Å². The third-order valence-corrected chi connectivity index (χ3v) is 2.51. The smallest absolute Gasteiger partial charge is 0.167 e. The molecule has 1 N–H and O–H groups in total. The SMILES string of the molecule is COc1cc(OC)c2c(c1)C(O)CCO2. The summed E-state index contributed by atoms with van der Waals surface area (Å²) in [4.78, 5) is 0. The molecular formula is C11H14O4. The van der Waals surface area contributed by atoms with Crippen molar-refractivity contribution >= 4 is 0 Å². The van der Waals surface area contributed by atoms with Crippen LogP contribution in [0.1, 0.15) is 18.1 Å². The quantitative estimate of drug-likeness (QED) is 0.804. The standard InChI is InChI=1S/C11H14O4/c1-13-7-5-8-9(12)3-4-15-11(8)10(6-7)14-2/h5-6,9,12H,3-4H2,1-2H3. The van der Waals surface area contributed by atoms with Crippen LogP contribution in [0.3, 0.4) is 0 Å². The Morgan fingerprint density at radius 2 is 2.13 bits per heavy atom. The number of fused-ring (bicyclic) bond motifs is 1. The van der Waals surface area contributed by atoms with Gasteiger partial charge in [0.05, 0.1) is 26.9 Å². The maximum absolute atomic E-state index is 9.81. The van der Waals surface area contributed by atoms with Gasteiger partial charge in [0, 0.05) is 18.1 Å². The first kappa shape index (κ1) is 10.1. The summed E-state index contributed by atoms with van der Waals surface area (Å²) < 4.78 is 15.8. The van der Waals surface area contributed by atoms with E-state index in [1.165, 1.54) is 0 Å². The van der Waals surface area contributed by atoms with Crippen molar-refractivity contribution in [2.75, 3.05) is 20.8 Å². The lowest BCUT2D eigenvalue weighted by molar-refractivity contribution is 0.112. The summed E-state index contributed by atoms with van der Waals surface area (Å²) >= 11 is 0. The zero-order valence-corrected chi connectivity index (χ0v) is 8.82. The lowest BCUT2D eigenvalue weighted by Gasteiger charge is -2.24. The summed E-state index contributed by atoms with van der Waals surface area (Å²) in [5.41, 5.74) is 0.734.